The van der Waals surface area contributed by atoms with E-state index in [9.17, 15) is 4.79 Å². The molecule has 1 rings (SSSR count). The maximum atomic E-state index is 12.1. The smallest absolute Gasteiger partial charge is 0.287 e. The molecular formula is C14H24ClN3O2. The van der Waals surface area contributed by atoms with Crippen LogP contribution in [0.15, 0.2) is 11.0 Å². The maximum absolute atomic E-state index is 12.1. The molecule has 6 heteroatoms. The topological polar surface area (TPSA) is 56.1 Å². The van der Waals surface area contributed by atoms with Crippen molar-refractivity contribution in [2.24, 2.45) is 5.92 Å². The van der Waals surface area contributed by atoms with Gasteiger partial charge >= 0.3 is 0 Å². The van der Waals surface area contributed by atoms with Gasteiger partial charge in [0.1, 0.15) is 5.02 Å². The third-order valence-electron chi connectivity index (χ3n) is 3.08. The summed E-state index contributed by atoms with van der Waals surface area (Å²) in [6.45, 7) is 11.1. The van der Waals surface area contributed by atoms with E-state index in [1.807, 2.05) is 20.8 Å². The molecule has 20 heavy (non-hydrogen) atoms. The van der Waals surface area contributed by atoms with Crippen molar-refractivity contribution in [3.63, 3.8) is 0 Å². The standard InChI is InChI=1S/C14H24ClN3O2/c1-6-20-8-12(9(2)3)17-11-7-16-18(10(4)5)14(19)13(11)15/h7,9-10,12,17H,6,8H2,1-5H3. The van der Waals surface area contributed by atoms with Crippen LogP contribution in [0.1, 0.15) is 40.7 Å². The minimum atomic E-state index is -0.273. The number of aromatic nitrogens is 2. The summed E-state index contributed by atoms with van der Waals surface area (Å²) >= 11 is 6.15. The monoisotopic (exact) mass is 301 g/mol. The van der Waals surface area contributed by atoms with Crippen molar-refractivity contribution in [1.29, 1.82) is 0 Å². The third-order valence-corrected chi connectivity index (χ3v) is 3.45. The van der Waals surface area contributed by atoms with Crippen LogP contribution in [0, 0.1) is 5.92 Å². The second-order valence-electron chi connectivity index (χ2n) is 5.37. The Morgan fingerprint density at radius 2 is 2.05 bits per heavy atom. The Morgan fingerprint density at radius 3 is 2.55 bits per heavy atom. The molecule has 1 atom stereocenters. The zero-order valence-electron chi connectivity index (χ0n) is 12.8. The minimum Gasteiger partial charge on any atom is -0.380 e. The molecule has 0 saturated carbocycles. The summed E-state index contributed by atoms with van der Waals surface area (Å²) in [7, 11) is 0. The highest BCUT2D eigenvalue weighted by Crippen LogP contribution is 2.19. The van der Waals surface area contributed by atoms with E-state index < -0.39 is 0 Å². The van der Waals surface area contributed by atoms with Gasteiger partial charge in [0.15, 0.2) is 0 Å². The zero-order chi connectivity index (χ0) is 15.3. The summed E-state index contributed by atoms with van der Waals surface area (Å²) in [5.41, 5.74) is 0.289. The van der Waals surface area contributed by atoms with Crippen molar-refractivity contribution in [2.45, 2.75) is 46.7 Å². The Kier molecular flexibility index (Phi) is 6.49. The fourth-order valence-corrected chi connectivity index (χ4v) is 1.95. The molecule has 114 valence electrons. The van der Waals surface area contributed by atoms with E-state index in [0.29, 0.717) is 24.8 Å². The predicted molar refractivity (Wildman–Crippen MR) is 82.6 cm³/mol. The highest BCUT2D eigenvalue weighted by molar-refractivity contribution is 6.32. The van der Waals surface area contributed by atoms with Crippen molar-refractivity contribution in [1.82, 2.24) is 9.78 Å². The van der Waals surface area contributed by atoms with Crippen LogP contribution < -0.4 is 10.9 Å². The first kappa shape index (κ1) is 17.0. The van der Waals surface area contributed by atoms with Gasteiger partial charge in [0.05, 0.1) is 30.6 Å². The van der Waals surface area contributed by atoms with Crippen LogP contribution in [-0.4, -0.2) is 29.0 Å². The molecule has 0 aromatic carbocycles. The lowest BCUT2D eigenvalue weighted by atomic mass is 10.1. The zero-order valence-corrected chi connectivity index (χ0v) is 13.6. The molecule has 0 spiro atoms. The number of rotatable bonds is 7. The number of halogens is 1. The van der Waals surface area contributed by atoms with Gasteiger partial charge in [0.25, 0.3) is 5.56 Å². The van der Waals surface area contributed by atoms with Crippen LogP contribution in [0.4, 0.5) is 5.69 Å². The first-order valence-corrected chi connectivity index (χ1v) is 7.37. The lowest BCUT2D eigenvalue weighted by Crippen LogP contribution is -2.33. The summed E-state index contributed by atoms with van der Waals surface area (Å²) in [4.78, 5) is 12.1. The van der Waals surface area contributed by atoms with Gasteiger partial charge in [-0.3, -0.25) is 4.79 Å². The molecule has 0 aliphatic carbocycles. The summed E-state index contributed by atoms with van der Waals surface area (Å²) in [5.74, 6) is 0.352. The van der Waals surface area contributed by atoms with Gasteiger partial charge in [0.2, 0.25) is 0 Å². The van der Waals surface area contributed by atoms with Crippen molar-refractivity contribution in [3.05, 3.63) is 21.6 Å². The van der Waals surface area contributed by atoms with E-state index in [0.717, 1.165) is 0 Å². The fraction of sp³-hybridized carbons (Fsp3) is 0.714. The third kappa shape index (κ3) is 4.21. The first-order chi connectivity index (χ1) is 9.38. The first-order valence-electron chi connectivity index (χ1n) is 7.00. The van der Waals surface area contributed by atoms with Crippen LogP contribution in [0.2, 0.25) is 5.02 Å². The van der Waals surface area contributed by atoms with Crippen LogP contribution in [-0.2, 0) is 4.74 Å². The Morgan fingerprint density at radius 1 is 1.40 bits per heavy atom. The fourth-order valence-electron chi connectivity index (χ4n) is 1.76. The minimum absolute atomic E-state index is 0.0154. The molecule has 0 aliphatic rings. The molecule has 1 aromatic heterocycles. The summed E-state index contributed by atoms with van der Waals surface area (Å²) < 4.78 is 6.83. The molecule has 1 N–H and O–H groups in total. The average molecular weight is 302 g/mol. The molecule has 0 fully saturated rings. The normalized spacial score (nSPS) is 13.0. The Bertz CT molecular complexity index is 486. The average Bonchev–Trinajstić information content (AvgIpc) is 2.38. The maximum Gasteiger partial charge on any atom is 0.287 e. The molecule has 1 aromatic rings. The van der Waals surface area contributed by atoms with Crippen molar-refractivity contribution < 1.29 is 4.74 Å². The van der Waals surface area contributed by atoms with Crippen molar-refractivity contribution in [3.8, 4) is 0 Å². The summed E-state index contributed by atoms with van der Waals surface area (Å²) in [6, 6.07) is 0.0712. The molecule has 0 aliphatic heterocycles. The van der Waals surface area contributed by atoms with E-state index in [1.165, 1.54) is 4.68 Å². The summed E-state index contributed by atoms with van der Waals surface area (Å²) in [6.07, 6.45) is 1.60. The number of nitrogens with zero attached hydrogens (tertiary/aromatic N) is 2. The van der Waals surface area contributed by atoms with Gasteiger partial charge in [-0.15, -0.1) is 0 Å². The quantitative estimate of drug-likeness (QED) is 0.841. The lowest BCUT2D eigenvalue weighted by Gasteiger charge is -2.23. The second-order valence-corrected chi connectivity index (χ2v) is 5.75. The van der Waals surface area contributed by atoms with E-state index in [4.69, 9.17) is 16.3 Å². The van der Waals surface area contributed by atoms with E-state index in [1.54, 1.807) is 6.20 Å². The lowest BCUT2D eigenvalue weighted by molar-refractivity contribution is 0.127. The number of hydrogen-bond acceptors (Lipinski definition) is 4. The van der Waals surface area contributed by atoms with Crippen LogP contribution in [0.5, 0.6) is 0 Å². The molecule has 0 amide bonds. The van der Waals surface area contributed by atoms with Gasteiger partial charge in [0, 0.05) is 6.61 Å². The van der Waals surface area contributed by atoms with Gasteiger partial charge in [-0.25, -0.2) is 4.68 Å². The Labute approximate surface area is 125 Å². The highest BCUT2D eigenvalue weighted by Gasteiger charge is 2.17. The van der Waals surface area contributed by atoms with Gasteiger partial charge in [-0.05, 0) is 26.7 Å². The van der Waals surface area contributed by atoms with E-state index in [2.05, 4.69) is 24.3 Å². The van der Waals surface area contributed by atoms with Gasteiger partial charge < -0.3 is 10.1 Å². The summed E-state index contributed by atoms with van der Waals surface area (Å²) in [5, 5.41) is 7.58. The number of hydrogen-bond donors (Lipinski definition) is 1. The SMILES string of the molecule is CCOCC(Nc1cnn(C(C)C)c(=O)c1Cl)C(C)C. The van der Waals surface area contributed by atoms with E-state index in [-0.39, 0.29) is 22.7 Å². The number of nitrogens with one attached hydrogen (secondary N) is 1. The molecule has 0 radical (unpaired) electrons. The van der Waals surface area contributed by atoms with E-state index >= 15 is 0 Å². The molecule has 1 unspecified atom stereocenters. The van der Waals surface area contributed by atoms with Crippen LogP contribution in [0.25, 0.3) is 0 Å². The molecular weight excluding hydrogens is 278 g/mol. The Balaban J connectivity index is 2.96. The highest BCUT2D eigenvalue weighted by atomic mass is 35.5. The van der Waals surface area contributed by atoms with Crippen LogP contribution >= 0.6 is 11.6 Å². The molecule has 1 heterocycles. The van der Waals surface area contributed by atoms with Crippen molar-refractivity contribution in [2.75, 3.05) is 18.5 Å². The number of ether oxygens (including phenoxy) is 1. The second kappa shape index (κ2) is 7.64. The van der Waals surface area contributed by atoms with Crippen LogP contribution in [0.3, 0.4) is 0 Å². The Hall–Kier alpha value is -1.07. The van der Waals surface area contributed by atoms with Gasteiger partial charge in [-0.2, -0.15) is 5.10 Å². The molecule has 5 nitrogen and oxygen atoms in total. The molecule has 0 saturated heterocycles. The van der Waals surface area contributed by atoms with Crippen molar-refractivity contribution >= 4 is 17.3 Å². The largest absolute Gasteiger partial charge is 0.380 e. The van der Waals surface area contributed by atoms with Gasteiger partial charge in [-0.1, -0.05) is 25.4 Å². The predicted octanol–water partition coefficient (Wildman–Crippen LogP) is 2.95. The number of anilines is 1. The molecule has 0 bridgehead atoms.